The van der Waals surface area contributed by atoms with E-state index in [0.717, 1.165) is 24.2 Å². The average molecular weight is 284 g/mol. The van der Waals surface area contributed by atoms with Gasteiger partial charge in [-0.15, -0.1) is 0 Å². The van der Waals surface area contributed by atoms with Gasteiger partial charge in [0.2, 0.25) is 0 Å². The molecule has 1 unspecified atom stereocenters. The van der Waals surface area contributed by atoms with E-state index in [1.165, 1.54) is 7.11 Å². The highest BCUT2D eigenvalue weighted by Crippen LogP contribution is 2.16. The summed E-state index contributed by atoms with van der Waals surface area (Å²) in [6.07, 6.45) is 2.63. The molecule has 0 amide bonds. The predicted molar refractivity (Wildman–Crippen MR) is 82.0 cm³/mol. The number of hydrogen-bond acceptors (Lipinski definition) is 4. The second kappa shape index (κ2) is 8.17. The first kappa shape index (κ1) is 15.2. The van der Waals surface area contributed by atoms with Crippen LogP contribution < -0.4 is 5.32 Å². The summed E-state index contributed by atoms with van der Waals surface area (Å²) >= 11 is 0. The van der Waals surface area contributed by atoms with Gasteiger partial charge >= 0.3 is 5.97 Å². The lowest BCUT2D eigenvalue weighted by atomic mass is 9.99. The number of hydrogen-bond donors (Lipinski definition) is 1. The molecule has 1 aromatic carbocycles. The maximum absolute atomic E-state index is 11.9. The fourth-order valence-electron chi connectivity index (χ4n) is 2.17. The molecule has 2 rings (SSSR count). The largest absolute Gasteiger partial charge is 0.469 e. The second-order valence-electron chi connectivity index (χ2n) is 4.76. The zero-order valence-corrected chi connectivity index (χ0v) is 12.2. The van der Waals surface area contributed by atoms with Gasteiger partial charge in [0.25, 0.3) is 0 Å². The summed E-state index contributed by atoms with van der Waals surface area (Å²) in [5, 5.41) is 3.31. The molecule has 1 aromatic heterocycles. The topological polar surface area (TPSA) is 51.2 Å². The van der Waals surface area contributed by atoms with E-state index in [0.29, 0.717) is 6.54 Å². The molecule has 0 aliphatic carbocycles. The maximum Gasteiger partial charge on any atom is 0.314 e. The van der Waals surface area contributed by atoms with Crippen LogP contribution in [0.25, 0.3) is 0 Å². The number of benzene rings is 1. The Labute approximate surface area is 125 Å². The SMILES string of the molecule is COC(=O)C(CNCCc1ccccn1)c1ccccc1. The van der Waals surface area contributed by atoms with Crippen molar-refractivity contribution in [2.75, 3.05) is 20.2 Å². The molecule has 0 radical (unpaired) electrons. The summed E-state index contributed by atoms with van der Waals surface area (Å²) in [6.45, 7) is 1.33. The van der Waals surface area contributed by atoms with Gasteiger partial charge in [-0.2, -0.15) is 0 Å². The molecule has 0 saturated carbocycles. The Hall–Kier alpha value is -2.20. The highest BCUT2D eigenvalue weighted by molar-refractivity contribution is 5.78. The van der Waals surface area contributed by atoms with Gasteiger partial charge in [-0.05, 0) is 17.7 Å². The molecule has 0 fully saturated rings. The summed E-state index contributed by atoms with van der Waals surface area (Å²) < 4.78 is 4.89. The van der Waals surface area contributed by atoms with Crippen molar-refractivity contribution >= 4 is 5.97 Å². The number of esters is 1. The minimum absolute atomic E-state index is 0.216. The van der Waals surface area contributed by atoms with Crippen LogP contribution in [0.15, 0.2) is 54.7 Å². The van der Waals surface area contributed by atoms with E-state index in [4.69, 9.17) is 4.74 Å². The monoisotopic (exact) mass is 284 g/mol. The van der Waals surface area contributed by atoms with Crippen molar-refractivity contribution in [3.63, 3.8) is 0 Å². The van der Waals surface area contributed by atoms with Crippen LogP contribution in [-0.2, 0) is 16.0 Å². The smallest absolute Gasteiger partial charge is 0.314 e. The number of nitrogens with one attached hydrogen (secondary N) is 1. The number of methoxy groups -OCH3 is 1. The fraction of sp³-hybridized carbons (Fsp3) is 0.294. The molecule has 2 aromatic rings. The maximum atomic E-state index is 11.9. The van der Waals surface area contributed by atoms with E-state index in [9.17, 15) is 4.79 Å². The molecule has 4 nitrogen and oxygen atoms in total. The fourth-order valence-corrected chi connectivity index (χ4v) is 2.17. The lowest BCUT2D eigenvalue weighted by Crippen LogP contribution is -2.29. The molecule has 0 bridgehead atoms. The van der Waals surface area contributed by atoms with Crippen molar-refractivity contribution < 1.29 is 9.53 Å². The first-order valence-electron chi connectivity index (χ1n) is 7.04. The molecule has 0 spiro atoms. The highest BCUT2D eigenvalue weighted by atomic mass is 16.5. The minimum atomic E-state index is -0.278. The van der Waals surface area contributed by atoms with Crippen LogP contribution in [0.4, 0.5) is 0 Å². The number of rotatable bonds is 7. The Kier molecular flexibility index (Phi) is 5.91. The Morgan fingerprint density at radius 1 is 1.19 bits per heavy atom. The summed E-state index contributed by atoms with van der Waals surface area (Å²) in [5.41, 5.74) is 2.01. The zero-order chi connectivity index (χ0) is 14.9. The van der Waals surface area contributed by atoms with Gasteiger partial charge < -0.3 is 10.1 Å². The van der Waals surface area contributed by atoms with Crippen LogP contribution >= 0.6 is 0 Å². The van der Waals surface area contributed by atoms with Gasteiger partial charge in [-0.1, -0.05) is 36.4 Å². The third-order valence-corrected chi connectivity index (χ3v) is 3.32. The molecular weight excluding hydrogens is 264 g/mol. The molecule has 0 saturated heterocycles. The Morgan fingerprint density at radius 3 is 2.62 bits per heavy atom. The van der Waals surface area contributed by atoms with E-state index in [1.54, 1.807) is 6.20 Å². The molecule has 1 atom stereocenters. The van der Waals surface area contributed by atoms with Gasteiger partial charge in [0, 0.05) is 31.4 Å². The van der Waals surface area contributed by atoms with Crippen LogP contribution in [-0.4, -0.2) is 31.2 Å². The van der Waals surface area contributed by atoms with Crippen molar-refractivity contribution in [3.05, 3.63) is 66.0 Å². The number of ether oxygens (including phenoxy) is 1. The van der Waals surface area contributed by atoms with Crippen LogP contribution in [0.5, 0.6) is 0 Å². The lowest BCUT2D eigenvalue weighted by Gasteiger charge is -2.15. The van der Waals surface area contributed by atoms with Crippen molar-refractivity contribution in [1.82, 2.24) is 10.3 Å². The molecule has 1 heterocycles. The van der Waals surface area contributed by atoms with Crippen molar-refractivity contribution in [2.45, 2.75) is 12.3 Å². The normalized spacial score (nSPS) is 11.9. The zero-order valence-electron chi connectivity index (χ0n) is 12.2. The van der Waals surface area contributed by atoms with E-state index >= 15 is 0 Å². The van der Waals surface area contributed by atoms with Gasteiger partial charge in [0.1, 0.15) is 0 Å². The Morgan fingerprint density at radius 2 is 1.95 bits per heavy atom. The quantitative estimate of drug-likeness (QED) is 0.625. The molecule has 0 aliphatic heterocycles. The van der Waals surface area contributed by atoms with Crippen molar-refractivity contribution in [1.29, 1.82) is 0 Å². The molecule has 21 heavy (non-hydrogen) atoms. The molecule has 110 valence electrons. The number of carbonyl (C=O) groups is 1. The standard InChI is InChI=1S/C17H20N2O2/c1-21-17(20)16(14-7-3-2-4-8-14)13-18-12-10-15-9-5-6-11-19-15/h2-9,11,16,18H,10,12-13H2,1H3. The van der Waals surface area contributed by atoms with Crippen LogP contribution in [0.3, 0.4) is 0 Å². The minimum Gasteiger partial charge on any atom is -0.469 e. The molecule has 0 aliphatic rings. The van der Waals surface area contributed by atoms with Crippen LogP contribution in [0.2, 0.25) is 0 Å². The Bertz CT molecular complexity index is 543. The number of nitrogens with zero attached hydrogens (tertiary/aromatic N) is 1. The number of pyridine rings is 1. The lowest BCUT2D eigenvalue weighted by molar-refractivity contribution is -0.142. The molecular formula is C17H20N2O2. The van der Waals surface area contributed by atoms with Gasteiger partial charge in [0.05, 0.1) is 13.0 Å². The van der Waals surface area contributed by atoms with Gasteiger partial charge in [-0.25, -0.2) is 0 Å². The van der Waals surface area contributed by atoms with Crippen molar-refractivity contribution in [2.24, 2.45) is 0 Å². The molecule has 4 heteroatoms. The number of aromatic nitrogens is 1. The first-order valence-corrected chi connectivity index (χ1v) is 7.04. The van der Waals surface area contributed by atoms with Gasteiger partial charge in [0.15, 0.2) is 0 Å². The summed E-state index contributed by atoms with van der Waals surface area (Å²) in [5.74, 6) is -0.494. The first-order chi connectivity index (χ1) is 10.3. The van der Waals surface area contributed by atoms with E-state index in [1.807, 2.05) is 48.5 Å². The summed E-state index contributed by atoms with van der Waals surface area (Å²) in [4.78, 5) is 16.2. The van der Waals surface area contributed by atoms with Gasteiger partial charge in [-0.3, -0.25) is 9.78 Å². The third kappa shape index (κ3) is 4.68. The van der Waals surface area contributed by atoms with Crippen LogP contribution in [0, 0.1) is 0 Å². The van der Waals surface area contributed by atoms with E-state index in [-0.39, 0.29) is 11.9 Å². The molecule has 1 N–H and O–H groups in total. The summed E-state index contributed by atoms with van der Waals surface area (Å²) in [7, 11) is 1.42. The summed E-state index contributed by atoms with van der Waals surface area (Å²) in [6, 6.07) is 15.6. The van der Waals surface area contributed by atoms with Crippen LogP contribution in [0.1, 0.15) is 17.2 Å². The van der Waals surface area contributed by atoms with E-state index in [2.05, 4.69) is 10.3 Å². The number of carbonyl (C=O) groups excluding carboxylic acids is 1. The average Bonchev–Trinajstić information content (AvgIpc) is 2.56. The highest BCUT2D eigenvalue weighted by Gasteiger charge is 2.20. The predicted octanol–water partition coefficient (Wildman–Crippen LogP) is 2.17. The van der Waals surface area contributed by atoms with Crippen molar-refractivity contribution in [3.8, 4) is 0 Å². The third-order valence-electron chi connectivity index (χ3n) is 3.32. The van der Waals surface area contributed by atoms with E-state index < -0.39 is 0 Å². The Balaban J connectivity index is 1.87. The second-order valence-corrected chi connectivity index (χ2v) is 4.76.